The van der Waals surface area contributed by atoms with Crippen LogP contribution in [-0.4, -0.2) is 56.1 Å². The highest BCUT2D eigenvalue weighted by atomic mass is 32.2. The smallest absolute Gasteiger partial charge is 0.317 e. The maximum absolute atomic E-state index is 13.5. The van der Waals surface area contributed by atoms with Gasteiger partial charge in [-0.05, 0) is 73.7 Å². The molecule has 9 heteroatoms. The van der Waals surface area contributed by atoms with Crippen LogP contribution >= 0.6 is 23.5 Å². The van der Waals surface area contributed by atoms with Gasteiger partial charge in [0.1, 0.15) is 0 Å². The van der Waals surface area contributed by atoms with Gasteiger partial charge in [0.25, 0.3) is 0 Å². The summed E-state index contributed by atoms with van der Waals surface area (Å²) < 4.78 is 5.48. The molecule has 7 nitrogen and oxygen atoms in total. The second-order valence-electron chi connectivity index (χ2n) is 16.5. The second kappa shape index (κ2) is 22.9. The molecular formula is C42H70O7S2. The standard InChI is InChI=1S/C42H70O7S2/c1-3-5-7-9-11-13-15-17-19-21-23-50-33-27-29-25-31(33)37(39(43)44)35(29)41(47)49-42(48)36-30-26-32(38(36)40(45)46)34(28-30)51-24-22-20-18-16-14-12-10-8-6-4-2/h29-38H,3-28H2,1-2H3,(H,43,44)(H,45,46). The minimum Gasteiger partial charge on any atom is -0.481 e. The fourth-order valence-electron chi connectivity index (χ4n) is 10.2. The first-order chi connectivity index (χ1) is 24.8. The molecule has 4 rings (SSSR count). The van der Waals surface area contributed by atoms with Crippen LogP contribution in [-0.2, 0) is 23.9 Å². The van der Waals surface area contributed by atoms with Crippen molar-refractivity contribution in [3.05, 3.63) is 0 Å². The van der Waals surface area contributed by atoms with Gasteiger partial charge in [0, 0.05) is 10.5 Å². The molecule has 0 heterocycles. The van der Waals surface area contributed by atoms with Gasteiger partial charge in [0.05, 0.1) is 23.7 Å². The summed E-state index contributed by atoms with van der Waals surface area (Å²) in [5.74, 6) is -5.08. The lowest BCUT2D eigenvalue weighted by atomic mass is 9.78. The van der Waals surface area contributed by atoms with Crippen molar-refractivity contribution in [2.45, 2.75) is 178 Å². The molecule has 4 aliphatic rings. The van der Waals surface area contributed by atoms with Crippen LogP contribution in [0.25, 0.3) is 0 Å². The average Bonchev–Trinajstić information content (AvgIpc) is 3.89. The van der Waals surface area contributed by atoms with Gasteiger partial charge in [0.2, 0.25) is 0 Å². The average molecular weight is 751 g/mol. The lowest BCUT2D eigenvalue weighted by Crippen LogP contribution is -2.43. The van der Waals surface area contributed by atoms with Gasteiger partial charge in [-0.2, -0.15) is 23.5 Å². The Balaban J connectivity index is 1.15. The number of rotatable bonds is 28. The fraction of sp³-hybridized carbons (Fsp3) is 0.905. The number of hydrogen-bond donors (Lipinski definition) is 2. The van der Waals surface area contributed by atoms with E-state index in [4.69, 9.17) is 4.74 Å². The third-order valence-corrected chi connectivity index (χ3v) is 15.9. The molecule has 0 radical (unpaired) electrons. The van der Waals surface area contributed by atoms with Crippen molar-refractivity contribution in [1.29, 1.82) is 0 Å². The SMILES string of the molecule is CCCCCCCCCCCCSC1CC2CC1C(C(=O)O)C2C(=O)OC(=O)C1C2CC(SCCCCCCCCCCCC)C(C2)C1C(=O)O. The van der Waals surface area contributed by atoms with Crippen LogP contribution in [0.2, 0.25) is 0 Å². The predicted molar refractivity (Wildman–Crippen MR) is 209 cm³/mol. The van der Waals surface area contributed by atoms with E-state index < -0.39 is 47.5 Å². The highest BCUT2D eigenvalue weighted by Gasteiger charge is 2.61. The molecule has 51 heavy (non-hydrogen) atoms. The Bertz CT molecular complexity index is 1000. The number of esters is 2. The number of carbonyl (C=O) groups excluding carboxylic acids is 2. The van der Waals surface area contributed by atoms with Crippen LogP contribution in [0.4, 0.5) is 0 Å². The Kier molecular flexibility index (Phi) is 19.1. The van der Waals surface area contributed by atoms with E-state index in [0.29, 0.717) is 12.8 Å². The minimum absolute atomic E-state index is 0.0872. The number of carboxylic acids is 2. The molecule has 4 bridgehead atoms. The van der Waals surface area contributed by atoms with Crippen molar-refractivity contribution in [2.24, 2.45) is 47.3 Å². The normalized spacial score (nSPS) is 30.6. The highest BCUT2D eigenvalue weighted by Crippen LogP contribution is 2.58. The molecular weight excluding hydrogens is 681 g/mol. The molecule has 10 unspecified atom stereocenters. The Morgan fingerprint density at radius 2 is 0.784 bits per heavy atom. The third kappa shape index (κ3) is 12.4. The first-order valence-electron chi connectivity index (χ1n) is 21.2. The molecule has 292 valence electrons. The summed E-state index contributed by atoms with van der Waals surface area (Å²) in [6.07, 6.45) is 28.7. The quantitative estimate of drug-likeness (QED) is 0.0457. The Hall–Kier alpha value is -1.22. The van der Waals surface area contributed by atoms with E-state index in [1.54, 1.807) is 0 Å². The van der Waals surface area contributed by atoms with Crippen LogP contribution in [0.5, 0.6) is 0 Å². The van der Waals surface area contributed by atoms with Crippen molar-refractivity contribution in [3.63, 3.8) is 0 Å². The van der Waals surface area contributed by atoms with Gasteiger partial charge in [0.15, 0.2) is 0 Å². The van der Waals surface area contributed by atoms with E-state index in [1.165, 1.54) is 116 Å². The van der Waals surface area contributed by atoms with Crippen molar-refractivity contribution in [3.8, 4) is 0 Å². The zero-order chi connectivity index (χ0) is 36.6. The van der Waals surface area contributed by atoms with Crippen LogP contribution in [0, 0.1) is 47.3 Å². The molecule has 0 aromatic rings. The van der Waals surface area contributed by atoms with Gasteiger partial charge in [-0.3, -0.25) is 19.2 Å². The molecule has 10 atom stereocenters. The second-order valence-corrected chi connectivity index (χ2v) is 19.2. The Labute approximate surface area is 317 Å². The molecule has 0 amide bonds. The number of carboxylic acid groups (broad SMARTS) is 2. The number of aliphatic carboxylic acids is 2. The van der Waals surface area contributed by atoms with Crippen LogP contribution in [0.1, 0.15) is 168 Å². The monoisotopic (exact) mass is 750 g/mol. The number of thioether (sulfide) groups is 2. The minimum atomic E-state index is -0.980. The Morgan fingerprint density at radius 1 is 0.471 bits per heavy atom. The van der Waals surface area contributed by atoms with E-state index in [1.807, 2.05) is 23.5 Å². The number of fused-ring (bicyclic) bond motifs is 4. The molecule has 0 aromatic heterocycles. The fourth-order valence-corrected chi connectivity index (χ4v) is 13.4. The molecule has 4 fully saturated rings. The zero-order valence-corrected chi connectivity index (χ0v) is 33.5. The number of hydrogen-bond acceptors (Lipinski definition) is 7. The third-order valence-electron chi connectivity index (χ3n) is 12.9. The van der Waals surface area contributed by atoms with Crippen LogP contribution in [0.15, 0.2) is 0 Å². The summed E-state index contributed by atoms with van der Waals surface area (Å²) in [7, 11) is 0. The first kappa shape index (κ1) is 42.5. The van der Waals surface area contributed by atoms with Crippen molar-refractivity contribution >= 4 is 47.4 Å². The van der Waals surface area contributed by atoms with Gasteiger partial charge in [-0.25, -0.2) is 0 Å². The summed E-state index contributed by atoms with van der Waals surface area (Å²) in [6.45, 7) is 4.49. The molecule has 0 saturated heterocycles. The number of unbranched alkanes of at least 4 members (excludes halogenated alkanes) is 18. The largest absolute Gasteiger partial charge is 0.481 e. The van der Waals surface area contributed by atoms with E-state index in [9.17, 15) is 29.4 Å². The van der Waals surface area contributed by atoms with Crippen molar-refractivity contribution < 1.29 is 34.1 Å². The van der Waals surface area contributed by atoms with E-state index in [2.05, 4.69) is 13.8 Å². The number of carbonyl (C=O) groups is 4. The molecule has 2 N–H and O–H groups in total. The van der Waals surface area contributed by atoms with Crippen molar-refractivity contribution in [2.75, 3.05) is 11.5 Å². The topological polar surface area (TPSA) is 118 Å². The van der Waals surface area contributed by atoms with Crippen molar-refractivity contribution in [1.82, 2.24) is 0 Å². The first-order valence-corrected chi connectivity index (χ1v) is 23.3. The molecule has 0 aliphatic heterocycles. The number of ether oxygens (including phenoxy) is 1. The van der Waals surface area contributed by atoms with E-state index in [-0.39, 0.29) is 34.2 Å². The highest BCUT2D eigenvalue weighted by molar-refractivity contribution is 8.00. The maximum atomic E-state index is 13.5. The van der Waals surface area contributed by atoms with Crippen LogP contribution in [0.3, 0.4) is 0 Å². The van der Waals surface area contributed by atoms with Gasteiger partial charge < -0.3 is 14.9 Å². The summed E-state index contributed by atoms with van der Waals surface area (Å²) in [5.41, 5.74) is 0. The van der Waals surface area contributed by atoms with Gasteiger partial charge in [-0.1, -0.05) is 129 Å². The maximum Gasteiger partial charge on any atom is 0.317 e. The summed E-state index contributed by atoms with van der Waals surface area (Å²) in [5, 5.41) is 20.9. The lowest BCUT2D eigenvalue weighted by molar-refractivity contribution is -0.174. The summed E-state index contributed by atoms with van der Waals surface area (Å²) >= 11 is 3.74. The van der Waals surface area contributed by atoms with Gasteiger partial charge >= 0.3 is 23.9 Å². The zero-order valence-electron chi connectivity index (χ0n) is 31.9. The molecule has 0 aromatic carbocycles. The summed E-state index contributed by atoms with van der Waals surface area (Å²) in [6, 6.07) is 0. The van der Waals surface area contributed by atoms with E-state index in [0.717, 1.165) is 37.2 Å². The summed E-state index contributed by atoms with van der Waals surface area (Å²) in [4.78, 5) is 51.9. The van der Waals surface area contributed by atoms with Gasteiger partial charge in [-0.15, -0.1) is 0 Å². The van der Waals surface area contributed by atoms with E-state index >= 15 is 0 Å². The van der Waals surface area contributed by atoms with Crippen LogP contribution < -0.4 is 0 Å². The predicted octanol–water partition coefficient (Wildman–Crippen LogP) is 10.8. The molecule has 4 aliphatic carbocycles. The molecule has 4 saturated carbocycles. The molecule has 0 spiro atoms. The lowest BCUT2D eigenvalue weighted by Gasteiger charge is -2.33. The Morgan fingerprint density at radius 3 is 1.10 bits per heavy atom.